The van der Waals surface area contributed by atoms with Crippen molar-refractivity contribution in [1.29, 1.82) is 0 Å². The molecular formula is C16H18N2O3. The van der Waals surface area contributed by atoms with Crippen LogP contribution in [0.15, 0.2) is 36.4 Å². The smallest absolute Gasteiger partial charge is 0.326 e. The third kappa shape index (κ3) is 3.37. The first-order valence-corrected chi connectivity index (χ1v) is 6.68. The number of carbonyl (C=O) groups is 2. The fraction of sp³-hybridized carbons (Fsp3) is 0.312. The molecule has 0 saturated carbocycles. The van der Waals surface area contributed by atoms with E-state index < -0.39 is 23.3 Å². The first-order valence-electron chi connectivity index (χ1n) is 6.68. The SMILES string of the molecule is CC(C)(C)[C@H](NC(=O)c1ccc2ccccc2n1)C(=O)O. The Labute approximate surface area is 123 Å². The highest BCUT2D eigenvalue weighted by Crippen LogP contribution is 2.20. The predicted molar refractivity (Wildman–Crippen MR) is 80.1 cm³/mol. The summed E-state index contributed by atoms with van der Waals surface area (Å²) in [5.74, 6) is -1.54. The van der Waals surface area contributed by atoms with Gasteiger partial charge < -0.3 is 10.4 Å². The fourth-order valence-electron chi connectivity index (χ4n) is 2.05. The topological polar surface area (TPSA) is 79.3 Å². The van der Waals surface area contributed by atoms with Gasteiger partial charge >= 0.3 is 5.97 Å². The molecule has 1 amide bonds. The van der Waals surface area contributed by atoms with E-state index in [1.54, 1.807) is 32.9 Å². The van der Waals surface area contributed by atoms with Crippen LogP contribution in [-0.2, 0) is 4.79 Å². The average Bonchev–Trinajstić information content (AvgIpc) is 2.42. The van der Waals surface area contributed by atoms with Crippen molar-refractivity contribution in [2.75, 3.05) is 0 Å². The van der Waals surface area contributed by atoms with E-state index in [1.165, 1.54) is 0 Å². The molecule has 0 spiro atoms. The predicted octanol–water partition coefficient (Wildman–Crippen LogP) is 2.46. The van der Waals surface area contributed by atoms with Crippen LogP contribution in [0.2, 0.25) is 0 Å². The van der Waals surface area contributed by atoms with Gasteiger partial charge in [0.25, 0.3) is 5.91 Å². The van der Waals surface area contributed by atoms with Crippen molar-refractivity contribution in [1.82, 2.24) is 10.3 Å². The first-order chi connectivity index (χ1) is 9.79. The molecule has 0 aliphatic heterocycles. The number of rotatable bonds is 3. The van der Waals surface area contributed by atoms with Crippen LogP contribution in [0.5, 0.6) is 0 Å². The lowest BCUT2D eigenvalue weighted by Gasteiger charge is -2.27. The Balaban J connectivity index is 2.27. The molecule has 5 nitrogen and oxygen atoms in total. The van der Waals surface area contributed by atoms with E-state index in [1.807, 2.05) is 24.3 Å². The van der Waals surface area contributed by atoms with Crippen LogP contribution in [0.25, 0.3) is 10.9 Å². The van der Waals surface area contributed by atoms with E-state index in [-0.39, 0.29) is 5.69 Å². The summed E-state index contributed by atoms with van der Waals surface area (Å²) in [6.07, 6.45) is 0. The van der Waals surface area contributed by atoms with E-state index in [2.05, 4.69) is 10.3 Å². The number of carboxylic acid groups (broad SMARTS) is 1. The maximum Gasteiger partial charge on any atom is 0.326 e. The third-order valence-corrected chi connectivity index (χ3v) is 3.22. The van der Waals surface area contributed by atoms with E-state index in [4.69, 9.17) is 0 Å². The quantitative estimate of drug-likeness (QED) is 0.908. The van der Waals surface area contributed by atoms with E-state index in [0.717, 1.165) is 5.39 Å². The number of aromatic nitrogens is 1. The number of para-hydroxylation sites is 1. The molecular weight excluding hydrogens is 268 g/mol. The molecule has 0 bridgehead atoms. The number of nitrogens with zero attached hydrogens (tertiary/aromatic N) is 1. The average molecular weight is 286 g/mol. The van der Waals surface area contributed by atoms with Crippen LogP contribution >= 0.6 is 0 Å². The molecule has 0 aliphatic carbocycles. The number of benzene rings is 1. The number of hydrogen-bond acceptors (Lipinski definition) is 3. The maximum absolute atomic E-state index is 12.2. The molecule has 1 aromatic carbocycles. The zero-order valence-electron chi connectivity index (χ0n) is 12.3. The second-order valence-corrected chi connectivity index (χ2v) is 6.00. The Morgan fingerprint density at radius 2 is 1.81 bits per heavy atom. The second kappa shape index (κ2) is 5.52. The summed E-state index contributed by atoms with van der Waals surface area (Å²) in [6, 6.07) is 9.86. The number of fused-ring (bicyclic) bond motifs is 1. The van der Waals surface area contributed by atoms with Gasteiger partial charge in [0.05, 0.1) is 5.52 Å². The summed E-state index contributed by atoms with van der Waals surface area (Å²) in [4.78, 5) is 27.8. The van der Waals surface area contributed by atoms with Crippen LogP contribution in [0, 0.1) is 5.41 Å². The molecule has 0 unspecified atom stereocenters. The lowest BCUT2D eigenvalue weighted by molar-refractivity contribution is -0.142. The minimum atomic E-state index is -1.06. The molecule has 2 aromatic rings. The van der Waals surface area contributed by atoms with Crippen molar-refractivity contribution >= 4 is 22.8 Å². The van der Waals surface area contributed by atoms with Gasteiger partial charge in [0.1, 0.15) is 11.7 Å². The first kappa shape index (κ1) is 15.0. The molecule has 2 rings (SSSR count). The number of hydrogen-bond donors (Lipinski definition) is 2. The highest BCUT2D eigenvalue weighted by molar-refractivity contribution is 5.97. The van der Waals surface area contributed by atoms with Gasteiger partial charge in [-0.2, -0.15) is 0 Å². The maximum atomic E-state index is 12.2. The number of aliphatic carboxylic acids is 1. The molecule has 0 saturated heterocycles. The van der Waals surface area contributed by atoms with Crippen LogP contribution in [0.4, 0.5) is 0 Å². The largest absolute Gasteiger partial charge is 0.480 e. The van der Waals surface area contributed by atoms with Crippen LogP contribution in [0.3, 0.4) is 0 Å². The van der Waals surface area contributed by atoms with Crippen molar-refractivity contribution in [2.45, 2.75) is 26.8 Å². The van der Waals surface area contributed by atoms with Gasteiger partial charge in [-0.15, -0.1) is 0 Å². The Morgan fingerprint density at radius 3 is 2.43 bits per heavy atom. The number of amides is 1. The van der Waals surface area contributed by atoms with Gasteiger partial charge in [-0.05, 0) is 17.5 Å². The molecule has 0 aliphatic rings. The number of pyridine rings is 1. The fourth-order valence-corrected chi connectivity index (χ4v) is 2.05. The standard InChI is InChI=1S/C16H18N2O3/c1-16(2,3)13(15(20)21)18-14(19)12-9-8-10-6-4-5-7-11(10)17-12/h4-9,13H,1-3H3,(H,18,19)(H,20,21)/t13-/m1/s1. The lowest BCUT2D eigenvalue weighted by atomic mass is 9.86. The highest BCUT2D eigenvalue weighted by Gasteiger charge is 2.33. The van der Waals surface area contributed by atoms with Crippen LogP contribution in [0.1, 0.15) is 31.3 Å². The van der Waals surface area contributed by atoms with Gasteiger partial charge in [0, 0.05) is 5.39 Å². The van der Waals surface area contributed by atoms with Crippen molar-refractivity contribution in [3.05, 3.63) is 42.1 Å². The molecule has 110 valence electrons. The van der Waals surface area contributed by atoms with Crippen molar-refractivity contribution in [3.63, 3.8) is 0 Å². The summed E-state index contributed by atoms with van der Waals surface area (Å²) in [5, 5.41) is 12.7. The summed E-state index contributed by atoms with van der Waals surface area (Å²) < 4.78 is 0. The highest BCUT2D eigenvalue weighted by atomic mass is 16.4. The molecule has 21 heavy (non-hydrogen) atoms. The monoisotopic (exact) mass is 286 g/mol. The summed E-state index contributed by atoms with van der Waals surface area (Å²) in [7, 11) is 0. The summed E-state index contributed by atoms with van der Waals surface area (Å²) in [5.41, 5.74) is 0.329. The lowest BCUT2D eigenvalue weighted by Crippen LogP contribution is -2.49. The number of carboxylic acids is 1. The van der Waals surface area contributed by atoms with E-state index in [9.17, 15) is 14.7 Å². The Kier molecular flexibility index (Phi) is 3.93. The van der Waals surface area contributed by atoms with Gasteiger partial charge in [-0.1, -0.05) is 45.0 Å². The Bertz CT molecular complexity index is 689. The molecule has 0 fully saturated rings. The molecule has 2 N–H and O–H groups in total. The van der Waals surface area contributed by atoms with E-state index in [0.29, 0.717) is 5.52 Å². The minimum absolute atomic E-state index is 0.212. The zero-order valence-corrected chi connectivity index (χ0v) is 12.3. The van der Waals surface area contributed by atoms with Crippen LogP contribution < -0.4 is 5.32 Å². The van der Waals surface area contributed by atoms with Gasteiger partial charge in [0.2, 0.25) is 0 Å². The summed E-state index contributed by atoms with van der Waals surface area (Å²) >= 11 is 0. The normalized spacial score (nSPS) is 12.9. The van der Waals surface area contributed by atoms with Gasteiger partial charge in [0.15, 0.2) is 0 Å². The van der Waals surface area contributed by atoms with Crippen molar-refractivity contribution in [3.8, 4) is 0 Å². The number of carbonyl (C=O) groups excluding carboxylic acids is 1. The molecule has 1 aromatic heterocycles. The summed E-state index contributed by atoms with van der Waals surface area (Å²) in [6.45, 7) is 5.29. The Morgan fingerprint density at radius 1 is 1.14 bits per heavy atom. The molecule has 5 heteroatoms. The number of nitrogens with one attached hydrogen (secondary N) is 1. The second-order valence-electron chi connectivity index (χ2n) is 6.00. The Hall–Kier alpha value is -2.43. The third-order valence-electron chi connectivity index (χ3n) is 3.22. The van der Waals surface area contributed by atoms with Crippen molar-refractivity contribution in [2.24, 2.45) is 5.41 Å². The van der Waals surface area contributed by atoms with Crippen LogP contribution in [-0.4, -0.2) is 28.0 Å². The van der Waals surface area contributed by atoms with Gasteiger partial charge in [-0.3, -0.25) is 4.79 Å². The zero-order chi connectivity index (χ0) is 15.6. The van der Waals surface area contributed by atoms with Crippen molar-refractivity contribution < 1.29 is 14.7 Å². The molecule has 0 radical (unpaired) electrons. The van der Waals surface area contributed by atoms with Gasteiger partial charge in [-0.25, -0.2) is 9.78 Å². The minimum Gasteiger partial charge on any atom is -0.480 e. The molecule has 1 heterocycles. The van der Waals surface area contributed by atoms with E-state index >= 15 is 0 Å². The molecule has 1 atom stereocenters.